The molecule has 0 aliphatic carbocycles. The van der Waals surface area contributed by atoms with Gasteiger partial charge in [0.1, 0.15) is 6.54 Å². The van der Waals surface area contributed by atoms with Gasteiger partial charge in [-0.15, -0.1) is 0 Å². The van der Waals surface area contributed by atoms with Gasteiger partial charge in [0.25, 0.3) is 0 Å². The fourth-order valence-electron chi connectivity index (χ4n) is 2.41. The minimum Gasteiger partial charge on any atom is -0.354 e. The average molecular weight is 400 g/mol. The molecule has 0 aromatic heterocycles. The number of rotatable bonds is 7. The highest BCUT2D eigenvalue weighted by Crippen LogP contribution is 2.32. The first kappa shape index (κ1) is 20.8. The minimum atomic E-state index is -4.61. The van der Waals surface area contributed by atoms with E-state index in [2.05, 4.69) is 5.32 Å². The number of amides is 1. The number of hydrogen-bond donors (Lipinski definition) is 1. The van der Waals surface area contributed by atoms with Gasteiger partial charge in [-0.2, -0.15) is 13.2 Å². The Labute approximate surface area is 155 Å². The third kappa shape index (κ3) is 6.28. The molecule has 0 saturated heterocycles. The molecule has 0 aliphatic heterocycles. The third-order valence-electron chi connectivity index (χ3n) is 3.73. The third-order valence-corrected chi connectivity index (χ3v) is 4.87. The van der Waals surface area contributed by atoms with E-state index in [1.165, 1.54) is 6.07 Å². The molecule has 2 aromatic rings. The van der Waals surface area contributed by atoms with Gasteiger partial charge in [-0.3, -0.25) is 9.10 Å². The van der Waals surface area contributed by atoms with E-state index in [4.69, 9.17) is 0 Å². The van der Waals surface area contributed by atoms with Crippen molar-refractivity contribution in [3.05, 3.63) is 65.7 Å². The van der Waals surface area contributed by atoms with Crippen molar-refractivity contribution in [3.8, 4) is 0 Å². The van der Waals surface area contributed by atoms with Crippen molar-refractivity contribution in [2.45, 2.75) is 12.6 Å². The maximum Gasteiger partial charge on any atom is 0.416 e. The van der Waals surface area contributed by atoms with E-state index < -0.39 is 34.2 Å². The van der Waals surface area contributed by atoms with Crippen molar-refractivity contribution >= 4 is 21.6 Å². The molecule has 0 saturated carbocycles. The van der Waals surface area contributed by atoms with Crippen LogP contribution in [0.4, 0.5) is 18.9 Å². The van der Waals surface area contributed by atoms with Gasteiger partial charge in [-0.25, -0.2) is 8.42 Å². The van der Waals surface area contributed by atoms with Crippen LogP contribution in [0, 0.1) is 0 Å². The number of halogens is 3. The van der Waals surface area contributed by atoms with Crippen LogP contribution >= 0.6 is 0 Å². The topological polar surface area (TPSA) is 66.5 Å². The number of alkyl halides is 3. The summed E-state index contributed by atoms with van der Waals surface area (Å²) in [7, 11) is -3.95. The first-order valence-corrected chi connectivity index (χ1v) is 9.88. The van der Waals surface area contributed by atoms with E-state index in [9.17, 15) is 26.4 Å². The Morgan fingerprint density at radius 3 is 2.33 bits per heavy atom. The summed E-state index contributed by atoms with van der Waals surface area (Å²) < 4.78 is 63.2. The fourth-order valence-corrected chi connectivity index (χ4v) is 3.26. The van der Waals surface area contributed by atoms with E-state index in [0.29, 0.717) is 16.8 Å². The molecular formula is C18H19F3N2O3S. The SMILES string of the molecule is CS(=O)(=O)N(CC(=O)NCCc1ccccc1)c1cccc(C(F)(F)F)c1. The van der Waals surface area contributed by atoms with Crippen LogP contribution in [0.2, 0.25) is 0 Å². The summed E-state index contributed by atoms with van der Waals surface area (Å²) in [6, 6.07) is 13.2. The summed E-state index contributed by atoms with van der Waals surface area (Å²) in [6.07, 6.45) is -3.23. The highest BCUT2D eigenvalue weighted by atomic mass is 32.2. The number of hydrogen-bond acceptors (Lipinski definition) is 3. The predicted octanol–water partition coefficient (Wildman–Crippen LogP) is 2.83. The van der Waals surface area contributed by atoms with E-state index in [0.717, 1.165) is 24.0 Å². The molecule has 0 fully saturated rings. The van der Waals surface area contributed by atoms with Crippen LogP contribution in [-0.2, 0) is 27.4 Å². The Bertz CT molecular complexity index is 884. The molecule has 1 N–H and O–H groups in total. The van der Waals surface area contributed by atoms with Crippen LogP contribution in [0.25, 0.3) is 0 Å². The number of benzene rings is 2. The van der Waals surface area contributed by atoms with Gasteiger partial charge in [0, 0.05) is 6.54 Å². The minimum absolute atomic E-state index is 0.217. The number of carbonyl (C=O) groups is 1. The molecule has 0 spiro atoms. The Hall–Kier alpha value is -2.55. The summed E-state index contributed by atoms with van der Waals surface area (Å²) in [6.45, 7) is -0.321. The lowest BCUT2D eigenvalue weighted by atomic mass is 10.1. The molecule has 0 bridgehead atoms. The second-order valence-electron chi connectivity index (χ2n) is 5.90. The molecule has 0 atom stereocenters. The molecule has 0 radical (unpaired) electrons. The highest BCUT2D eigenvalue weighted by molar-refractivity contribution is 7.92. The first-order valence-electron chi connectivity index (χ1n) is 8.03. The molecular weight excluding hydrogens is 381 g/mol. The number of nitrogens with zero attached hydrogens (tertiary/aromatic N) is 1. The van der Waals surface area contributed by atoms with Gasteiger partial charge >= 0.3 is 6.18 Å². The molecule has 1 amide bonds. The molecule has 0 aliphatic rings. The Morgan fingerprint density at radius 1 is 1.07 bits per heavy atom. The summed E-state index contributed by atoms with van der Waals surface area (Å²) >= 11 is 0. The molecule has 27 heavy (non-hydrogen) atoms. The molecule has 2 rings (SSSR count). The summed E-state index contributed by atoms with van der Waals surface area (Å²) in [5.41, 5.74) is -0.209. The number of nitrogens with one attached hydrogen (secondary N) is 1. The molecule has 5 nitrogen and oxygen atoms in total. The van der Waals surface area contributed by atoms with Gasteiger partial charge < -0.3 is 5.32 Å². The van der Waals surface area contributed by atoms with Crippen molar-refractivity contribution in [2.24, 2.45) is 0 Å². The molecule has 2 aromatic carbocycles. The molecule has 0 unspecified atom stereocenters. The predicted molar refractivity (Wildman–Crippen MR) is 96.8 cm³/mol. The second kappa shape index (κ2) is 8.43. The summed E-state index contributed by atoms with van der Waals surface area (Å²) in [5, 5.41) is 2.58. The Kier molecular flexibility index (Phi) is 6.48. The van der Waals surface area contributed by atoms with Crippen molar-refractivity contribution in [1.82, 2.24) is 5.32 Å². The average Bonchev–Trinajstić information content (AvgIpc) is 2.59. The highest BCUT2D eigenvalue weighted by Gasteiger charge is 2.31. The van der Waals surface area contributed by atoms with Crippen LogP contribution in [0.1, 0.15) is 11.1 Å². The van der Waals surface area contributed by atoms with Gasteiger partial charge in [0.15, 0.2) is 0 Å². The molecule has 146 valence electrons. The smallest absolute Gasteiger partial charge is 0.354 e. The number of carbonyl (C=O) groups excluding carboxylic acids is 1. The monoisotopic (exact) mass is 400 g/mol. The fraction of sp³-hybridized carbons (Fsp3) is 0.278. The van der Waals surface area contributed by atoms with Gasteiger partial charge in [-0.1, -0.05) is 36.4 Å². The largest absolute Gasteiger partial charge is 0.416 e. The van der Waals surface area contributed by atoms with Crippen LogP contribution in [0.15, 0.2) is 54.6 Å². The van der Waals surface area contributed by atoms with E-state index in [1.54, 1.807) is 0 Å². The van der Waals surface area contributed by atoms with Gasteiger partial charge in [-0.05, 0) is 30.2 Å². The first-order chi connectivity index (χ1) is 12.6. The Morgan fingerprint density at radius 2 is 1.74 bits per heavy atom. The zero-order valence-electron chi connectivity index (χ0n) is 14.5. The number of sulfonamides is 1. The normalized spacial score (nSPS) is 11.9. The lowest BCUT2D eigenvalue weighted by Crippen LogP contribution is -2.41. The van der Waals surface area contributed by atoms with Gasteiger partial charge in [0.2, 0.25) is 15.9 Å². The standard InChI is InChI=1S/C18H19F3N2O3S/c1-27(25,26)23(16-9-5-8-15(12-16)18(19,20)21)13-17(24)22-11-10-14-6-3-2-4-7-14/h2-9,12H,10-11,13H2,1H3,(H,22,24). The summed E-state index contributed by atoms with van der Waals surface area (Å²) in [4.78, 5) is 12.1. The van der Waals surface area contributed by atoms with Crippen LogP contribution in [-0.4, -0.2) is 33.7 Å². The Balaban J connectivity index is 2.08. The molecule has 9 heteroatoms. The van der Waals surface area contributed by atoms with Crippen LogP contribution in [0.3, 0.4) is 0 Å². The van der Waals surface area contributed by atoms with Crippen LogP contribution < -0.4 is 9.62 Å². The van der Waals surface area contributed by atoms with Crippen molar-refractivity contribution in [3.63, 3.8) is 0 Å². The van der Waals surface area contributed by atoms with Gasteiger partial charge in [0.05, 0.1) is 17.5 Å². The maximum atomic E-state index is 12.9. The lowest BCUT2D eigenvalue weighted by molar-refractivity contribution is -0.137. The zero-order chi connectivity index (χ0) is 20.1. The lowest BCUT2D eigenvalue weighted by Gasteiger charge is -2.22. The van der Waals surface area contributed by atoms with Crippen molar-refractivity contribution < 1.29 is 26.4 Å². The quantitative estimate of drug-likeness (QED) is 0.777. The van der Waals surface area contributed by atoms with Crippen molar-refractivity contribution in [2.75, 3.05) is 23.7 Å². The van der Waals surface area contributed by atoms with E-state index in [-0.39, 0.29) is 12.2 Å². The van der Waals surface area contributed by atoms with Crippen molar-refractivity contribution in [1.29, 1.82) is 0 Å². The molecule has 0 heterocycles. The zero-order valence-corrected chi connectivity index (χ0v) is 15.3. The maximum absolute atomic E-state index is 12.9. The van der Waals surface area contributed by atoms with E-state index in [1.807, 2.05) is 30.3 Å². The van der Waals surface area contributed by atoms with Crippen LogP contribution in [0.5, 0.6) is 0 Å². The second-order valence-corrected chi connectivity index (χ2v) is 7.81. The summed E-state index contributed by atoms with van der Waals surface area (Å²) in [5.74, 6) is -0.603. The van der Waals surface area contributed by atoms with E-state index >= 15 is 0 Å². The number of anilines is 1.